The van der Waals surface area contributed by atoms with Crippen LogP contribution in [-0.2, 0) is 18.6 Å². The van der Waals surface area contributed by atoms with Gasteiger partial charge in [-0.05, 0) is 35.2 Å². The normalized spacial score (nSPS) is 11.7. The van der Waals surface area contributed by atoms with E-state index in [4.69, 9.17) is 9.72 Å². The SMILES string of the molecule is COc1ccccc1-n1c(Cc2ccccc2)nnc1SCc1nc(C(=O)NC(Cc2ccccc2)c2ccccc2)cs1. The van der Waals surface area contributed by atoms with E-state index in [0.717, 1.165) is 44.1 Å². The number of benzene rings is 4. The van der Waals surface area contributed by atoms with E-state index in [2.05, 4.69) is 39.8 Å². The van der Waals surface area contributed by atoms with Gasteiger partial charge in [-0.25, -0.2) is 4.98 Å². The molecule has 0 aliphatic heterocycles. The second-order valence-electron chi connectivity index (χ2n) is 10.1. The van der Waals surface area contributed by atoms with Crippen molar-refractivity contribution in [3.63, 3.8) is 0 Å². The molecule has 6 aromatic rings. The Morgan fingerprint density at radius 3 is 2.25 bits per heavy atom. The van der Waals surface area contributed by atoms with E-state index in [9.17, 15) is 4.79 Å². The van der Waals surface area contributed by atoms with Crippen LogP contribution < -0.4 is 10.1 Å². The van der Waals surface area contributed by atoms with Gasteiger partial charge < -0.3 is 10.1 Å². The van der Waals surface area contributed by atoms with Gasteiger partial charge in [0.05, 0.1) is 24.6 Å². The zero-order chi connectivity index (χ0) is 30.1. The molecule has 0 radical (unpaired) electrons. The number of carbonyl (C=O) groups excluding carboxylic acids is 1. The molecule has 7 nitrogen and oxygen atoms in total. The van der Waals surface area contributed by atoms with E-state index < -0.39 is 0 Å². The van der Waals surface area contributed by atoms with Gasteiger partial charge in [0.15, 0.2) is 5.16 Å². The Balaban J connectivity index is 1.19. The predicted octanol–water partition coefficient (Wildman–Crippen LogP) is 7.33. The third kappa shape index (κ3) is 7.07. The summed E-state index contributed by atoms with van der Waals surface area (Å²) in [5, 5.41) is 15.7. The molecule has 0 aliphatic carbocycles. The molecule has 0 spiro atoms. The van der Waals surface area contributed by atoms with Crippen molar-refractivity contribution < 1.29 is 9.53 Å². The van der Waals surface area contributed by atoms with Gasteiger partial charge in [-0.3, -0.25) is 9.36 Å². The molecule has 2 aromatic heterocycles. The molecule has 6 rings (SSSR count). The van der Waals surface area contributed by atoms with Gasteiger partial charge in [0.25, 0.3) is 5.91 Å². The second kappa shape index (κ2) is 14.2. The van der Waals surface area contributed by atoms with Gasteiger partial charge in [0, 0.05) is 11.8 Å². The number of hydrogen-bond acceptors (Lipinski definition) is 7. The monoisotopic (exact) mass is 617 g/mol. The van der Waals surface area contributed by atoms with Crippen LogP contribution in [0.25, 0.3) is 5.69 Å². The number of aromatic nitrogens is 4. The minimum absolute atomic E-state index is 0.173. The number of amides is 1. The summed E-state index contributed by atoms with van der Waals surface area (Å²) >= 11 is 3.00. The van der Waals surface area contributed by atoms with Crippen LogP contribution in [0.3, 0.4) is 0 Å². The summed E-state index contributed by atoms with van der Waals surface area (Å²) in [5.74, 6) is 1.90. The van der Waals surface area contributed by atoms with Crippen LogP contribution in [0, 0.1) is 0 Å². The van der Waals surface area contributed by atoms with Crippen molar-refractivity contribution in [2.75, 3.05) is 7.11 Å². The van der Waals surface area contributed by atoms with Crippen LogP contribution >= 0.6 is 23.1 Å². The predicted molar refractivity (Wildman–Crippen MR) is 176 cm³/mol. The van der Waals surface area contributed by atoms with Crippen molar-refractivity contribution in [1.82, 2.24) is 25.1 Å². The number of hydrogen-bond donors (Lipinski definition) is 1. The first kappa shape index (κ1) is 29.3. The van der Waals surface area contributed by atoms with Crippen molar-refractivity contribution in [2.24, 2.45) is 0 Å². The average Bonchev–Trinajstić information content (AvgIpc) is 3.72. The Morgan fingerprint density at radius 1 is 0.864 bits per heavy atom. The smallest absolute Gasteiger partial charge is 0.271 e. The molecule has 1 amide bonds. The largest absolute Gasteiger partial charge is 0.495 e. The molecule has 0 fully saturated rings. The van der Waals surface area contributed by atoms with Gasteiger partial charge >= 0.3 is 0 Å². The fraction of sp³-hybridized carbons (Fsp3) is 0.143. The number of rotatable bonds is 12. The van der Waals surface area contributed by atoms with Crippen molar-refractivity contribution >= 4 is 29.0 Å². The van der Waals surface area contributed by atoms with Crippen LogP contribution in [0.5, 0.6) is 5.75 Å². The molecule has 0 saturated carbocycles. The average molecular weight is 618 g/mol. The third-order valence-corrected chi connectivity index (χ3v) is 9.10. The number of nitrogens with one attached hydrogen (secondary N) is 1. The Morgan fingerprint density at radius 2 is 1.52 bits per heavy atom. The van der Waals surface area contributed by atoms with E-state index in [1.54, 1.807) is 7.11 Å². The van der Waals surface area contributed by atoms with Crippen LogP contribution in [0.4, 0.5) is 0 Å². The Bertz CT molecular complexity index is 1810. The lowest BCUT2D eigenvalue weighted by Gasteiger charge is -2.19. The first-order valence-electron chi connectivity index (χ1n) is 14.3. The number of methoxy groups -OCH3 is 1. The number of thiazole rings is 1. The highest BCUT2D eigenvalue weighted by atomic mass is 32.2. The maximum atomic E-state index is 13.4. The summed E-state index contributed by atoms with van der Waals surface area (Å²) in [6, 6.07) is 38.1. The molecular formula is C35H31N5O2S2. The minimum Gasteiger partial charge on any atom is -0.495 e. The molecule has 44 heavy (non-hydrogen) atoms. The van der Waals surface area contributed by atoms with E-state index in [1.165, 1.54) is 23.1 Å². The quantitative estimate of drug-likeness (QED) is 0.145. The van der Waals surface area contributed by atoms with Crippen LogP contribution in [0.15, 0.2) is 126 Å². The van der Waals surface area contributed by atoms with Gasteiger partial charge in [0.1, 0.15) is 22.3 Å². The van der Waals surface area contributed by atoms with Crippen LogP contribution in [0.1, 0.15) is 44.1 Å². The Labute approximate surface area is 265 Å². The zero-order valence-electron chi connectivity index (χ0n) is 24.2. The van der Waals surface area contributed by atoms with E-state index in [-0.39, 0.29) is 11.9 Å². The summed E-state index contributed by atoms with van der Waals surface area (Å²) in [5.41, 5.74) is 4.64. The molecular weight excluding hydrogens is 587 g/mol. The lowest BCUT2D eigenvalue weighted by atomic mass is 9.99. The zero-order valence-corrected chi connectivity index (χ0v) is 25.8. The molecule has 1 N–H and O–H groups in total. The van der Waals surface area contributed by atoms with Crippen molar-refractivity contribution in [3.8, 4) is 11.4 Å². The molecule has 1 atom stereocenters. The van der Waals surface area contributed by atoms with Gasteiger partial charge in [-0.2, -0.15) is 0 Å². The van der Waals surface area contributed by atoms with Crippen molar-refractivity contribution in [1.29, 1.82) is 0 Å². The highest BCUT2D eigenvalue weighted by Gasteiger charge is 2.21. The first-order chi connectivity index (χ1) is 21.7. The number of thioether (sulfide) groups is 1. The molecule has 4 aromatic carbocycles. The number of nitrogens with zero attached hydrogens (tertiary/aromatic N) is 4. The van der Waals surface area contributed by atoms with E-state index in [1.807, 2.05) is 101 Å². The fourth-order valence-electron chi connectivity index (χ4n) is 4.97. The Hall–Kier alpha value is -4.73. The molecule has 1 unspecified atom stereocenters. The van der Waals surface area contributed by atoms with E-state index >= 15 is 0 Å². The molecule has 2 heterocycles. The highest BCUT2D eigenvalue weighted by Crippen LogP contribution is 2.31. The topological polar surface area (TPSA) is 81.9 Å². The number of para-hydroxylation sites is 2. The summed E-state index contributed by atoms with van der Waals surface area (Å²) in [6.07, 6.45) is 1.31. The maximum Gasteiger partial charge on any atom is 0.271 e. The highest BCUT2D eigenvalue weighted by molar-refractivity contribution is 7.98. The lowest BCUT2D eigenvalue weighted by Crippen LogP contribution is -2.30. The standard InChI is InChI=1S/C35H31N5O2S2/c1-42-31-20-12-11-19-30(31)40-32(22-26-15-7-3-8-16-26)38-39-35(40)44-24-33-36-29(23-43-33)34(41)37-28(27-17-9-4-10-18-27)21-25-13-5-2-6-14-25/h2-20,23,28H,21-22,24H2,1H3,(H,37,41). The molecule has 9 heteroatoms. The lowest BCUT2D eigenvalue weighted by molar-refractivity contribution is 0.0932. The fourth-order valence-corrected chi connectivity index (χ4v) is 6.73. The number of ether oxygens (including phenoxy) is 1. The molecule has 0 aliphatic rings. The minimum atomic E-state index is -0.190. The van der Waals surface area contributed by atoms with Crippen LogP contribution in [-0.4, -0.2) is 32.8 Å². The van der Waals surface area contributed by atoms with Crippen LogP contribution in [0.2, 0.25) is 0 Å². The Kier molecular flexibility index (Phi) is 9.44. The molecule has 220 valence electrons. The third-order valence-electron chi connectivity index (χ3n) is 7.13. The summed E-state index contributed by atoms with van der Waals surface area (Å²) < 4.78 is 7.73. The van der Waals surface area contributed by atoms with Crippen molar-refractivity contribution in [3.05, 3.63) is 154 Å². The molecule has 0 saturated heterocycles. The number of carbonyl (C=O) groups is 1. The van der Waals surface area contributed by atoms with Gasteiger partial charge in [-0.15, -0.1) is 21.5 Å². The summed E-state index contributed by atoms with van der Waals surface area (Å²) in [7, 11) is 1.66. The second-order valence-corrected chi connectivity index (χ2v) is 12.0. The molecule has 0 bridgehead atoms. The van der Waals surface area contributed by atoms with Gasteiger partial charge in [0.2, 0.25) is 0 Å². The maximum absolute atomic E-state index is 13.4. The van der Waals surface area contributed by atoms with Crippen molar-refractivity contribution in [2.45, 2.75) is 29.8 Å². The first-order valence-corrected chi connectivity index (χ1v) is 16.1. The summed E-state index contributed by atoms with van der Waals surface area (Å²) in [6.45, 7) is 0. The van der Waals surface area contributed by atoms with E-state index in [0.29, 0.717) is 24.3 Å². The van der Waals surface area contributed by atoms with Gasteiger partial charge in [-0.1, -0.05) is 115 Å². The summed E-state index contributed by atoms with van der Waals surface area (Å²) in [4.78, 5) is 18.1.